The summed E-state index contributed by atoms with van der Waals surface area (Å²) >= 11 is 0. The van der Waals surface area contributed by atoms with Gasteiger partial charge in [-0.1, -0.05) is 6.07 Å². The molecule has 0 aliphatic rings. The zero-order chi connectivity index (χ0) is 15.9. The lowest BCUT2D eigenvalue weighted by atomic mass is 10.2. The molecule has 0 saturated carbocycles. The number of hydrazone groups is 1. The van der Waals surface area contributed by atoms with Crippen molar-refractivity contribution in [1.82, 2.24) is 0 Å². The number of methoxy groups -OCH3 is 2. The molecule has 0 fully saturated rings. The Hall–Kier alpha value is -3.09. The fourth-order valence-corrected chi connectivity index (χ4v) is 1.79. The summed E-state index contributed by atoms with van der Waals surface area (Å²) < 4.78 is 10.4. The van der Waals surface area contributed by atoms with E-state index in [4.69, 9.17) is 9.47 Å². The molecule has 0 heterocycles. The van der Waals surface area contributed by atoms with Gasteiger partial charge in [-0.3, -0.25) is 15.5 Å². The van der Waals surface area contributed by atoms with E-state index in [0.29, 0.717) is 17.2 Å². The van der Waals surface area contributed by atoms with Gasteiger partial charge >= 0.3 is 0 Å². The highest BCUT2D eigenvalue weighted by atomic mass is 16.6. The van der Waals surface area contributed by atoms with Gasteiger partial charge in [-0.05, 0) is 18.2 Å². The zero-order valence-corrected chi connectivity index (χ0v) is 12.1. The van der Waals surface area contributed by atoms with Crippen molar-refractivity contribution in [1.29, 1.82) is 0 Å². The zero-order valence-electron chi connectivity index (χ0n) is 12.1. The van der Waals surface area contributed by atoms with Gasteiger partial charge in [0.1, 0.15) is 11.5 Å². The van der Waals surface area contributed by atoms with Crippen molar-refractivity contribution in [2.75, 3.05) is 19.6 Å². The third kappa shape index (κ3) is 3.72. The van der Waals surface area contributed by atoms with Gasteiger partial charge in [-0.25, -0.2) is 0 Å². The second-order valence-corrected chi connectivity index (χ2v) is 4.29. The van der Waals surface area contributed by atoms with Gasteiger partial charge in [-0.15, -0.1) is 0 Å². The van der Waals surface area contributed by atoms with Crippen LogP contribution in [0, 0.1) is 10.1 Å². The quantitative estimate of drug-likeness (QED) is 0.503. The lowest BCUT2D eigenvalue weighted by Crippen LogP contribution is -1.95. The van der Waals surface area contributed by atoms with Gasteiger partial charge in [0.2, 0.25) is 0 Å². The first-order chi connectivity index (χ1) is 10.6. The molecule has 7 nitrogen and oxygen atoms in total. The summed E-state index contributed by atoms with van der Waals surface area (Å²) in [6, 6.07) is 11.4. The van der Waals surface area contributed by atoms with Gasteiger partial charge in [0, 0.05) is 23.8 Å². The van der Waals surface area contributed by atoms with Crippen LogP contribution in [0.4, 0.5) is 11.4 Å². The Kier molecular flexibility index (Phi) is 4.92. The molecule has 0 radical (unpaired) electrons. The Balaban J connectivity index is 2.12. The molecular formula is C15H15N3O4. The number of nitro benzene ring substituents is 1. The van der Waals surface area contributed by atoms with Crippen molar-refractivity contribution in [3.8, 4) is 11.5 Å². The molecular weight excluding hydrogens is 286 g/mol. The number of hydrogen-bond acceptors (Lipinski definition) is 6. The fraction of sp³-hybridized carbons (Fsp3) is 0.133. The standard InChI is InChI=1S/C15H15N3O4/c1-21-14-7-6-11(15(9-14)22-2)10-16-17-12-4-3-5-13(8-12)18(19)20/h3-10,17H,1-2H3. The second kappa shape index (κ2) is 7.07. The van der Waals surface area contributed by atoms with Crippen molar-refractivity contribution in [2.45, 2.75) is 0 Å². The van der Waals surface area contributed by atoms with Crippen molar-refractivity contribution in [2.24, 2.45) is 5.10 Å². The van der Waals surface area contributed by atoms with E-state index in [0.717, 1.165) is 5.56 Å². The van der Waals surface area contributed by atoms with Crippen LogP contribution in [-0.4, -0.2) is 25.4 Å². The van der Waals surface area contributed by atoms with Crippen LogP contribution >= 0.6 is 0 Å². The molecule has 22 heavy (non-hydrogen) atoms. The molecule has 0 atom stereocenters. The van der Waals surface area contributed by atoms with Gasteiger partial charge in [0.05, 0.1) is 31.0 Å². The molecule has 1 N–H and O–H groups in total. The highest BCUT2D eigenvalue weighted by Crippen LogP contribution is 2.23. The lowest BCUT2D eigenvalue weighted by Gasteiger charge is -2.07. The highest BCUT2D eigenvalue weighted by Gasteiger charge is 2.05. The Morgan fingerprint density at radius 3 is 2.68 bits per heavy atom. The molecule has 114 valence electrons. The van der Waals surface area contributed by atoms with E-state index in [9.17, 15) is 10.1 Å². The largest absolute Gasteiger partial charge is 0.497 e. The van der Waals surface area contributed by atoms with Crippen LogP contribution in [0.5, 0.6) is 11.5 Å². The van der Waals surface area contributed by atoms with Crippen LogP contribution in [0.3, 0.4) is 0 Å². The normalized spacial score (nSPS) is 10.5. The minimum atomic E-state index is -0.457. The van der Waals surface area contributed by atoms with Crippen molar-refractivity contribution in [3.05, 3.63) is 58.1 Å². The van der Waals surface area contributed by atoms with E-state index < -0.39 is 4.92 Å². The summed E-state index contributed by atoms with van der Waals surface area (Å²) in [7, 11) is 3.13. The van der Waals surface area contributed by atoms with Gasteiger partial charge in [0.25, 0.3) is 5.69 Å². The van der Waals surface area contributed by atoms with Crippen LogP contribution in [-0.2, 0) is 0 Å². The first kappa shape index (κ1) is 15.3. The minimum absolute atomic E-state index is 0.00206. The fourth-order valence-electron chi connectivity index (χ4n) is 1.79. The molecule has 0 aromatic heterocycles. The molecule has 0 bridgehead atoms. The van der Waals surface area contributed by atoms with Gasteiger partial charge in [0.15, 0.2) is 0 Å². The molecule has 0 saturated heterocycles. The number of ether oxygens (including phenoxy) is 2. The third-order valence-electron chi connectivity index (χ3n) is 2.89. The number of nitrogens with one attached hydrogen (secondary N) is 1. The smallest absolute Gasteiger partial charge is 0.271 e. The topological polar surface area (TPSA) is 86.0 Å². The molecule has 0 amide bonds. The Labute approximate surface area is 127 Å². The van der Waals surface area contributed by atoms with Crippen molar-refractivity contribution >= 4 is 17.6 Å². The maximum absolute atomic E-state index is 10.7. The molecule has 0 aliphatic heterocycles. The number of benzene rings is 2. The van der Waals surface area contributed by atoms with E-state index in [1.807, 2.05) is 0 Å². The molecule has 0 spiro atoms. The van der Waals surface area contributed by atoms with E-state index >= 15 is 0 Å². The van der Waals surface area contributed by atoms with Crippen LogP contribution in [0.15, 0.2) is 47.6 Å². The van der Waals surface area contributed by atoms with Crippen molar-refractivity contribution in [3.63, 3.8) is 0 Å². The monoisotopic (exact) mass is 301 g/mol. The molecule has 2 aromatic rings. The Morgan fingerprint density at radius 2 is 2.00 bits per heavy atom. The van der Waals surface area contributed by atoms with E-state index in [-0.39, 0.29) is 5.69 Å². The van der Waals surface area contributed by atoms with Crippen LogP contribution in [0.25, 0.3) is 0 Å². The number of anilines is 1. The van der Waals surface area contributed by atoms with E-state index in [1.165, 1.54) is 12.1 Å². The van der Waals surface area contributed by atoms with Crippen LogP contribution in [0.2, 0.25) is 0 Å². The molecule has 0 unspecified atom stereocenters. The van der Waals surface area contributed by atoms with E-state index in [1.54, 1.807) is 50.8 Å². The maximum Gasteiger partial charge on any atom is 0.271 e. The molecule has 7 heteroatoms. The summed E-state index contributed by atoms with van der Waals surface area (Å²) in [6.45, 7) is 0. The summed E-state index contributed by atoms with van der Waals surface area (Å²) in [6.07, 6.45) is 1.57. The first-order valence-electron chi connectivity index (χ1n) is 6.39. The average Bonchev–Trinajstić information content (AvgIpc) is 2.55. The first-order valence-corrected chi connectivity index (χ1v) is 6.39. The molecule has 2 aromatic carbocycles. The number of rotatable bonds is 6. The van der Waals surface area contributed by atoms with Crippen molar-refractivity contribution < 1.29 is 14.4 Å². The predicted octanol–water partition coefficient (Wildman–Crippen LogP) is 3.06. The van der Waals surface area contributed by atoms with Gasteiger partial charge < -0.3 is 9.47 Å². The summed E-state index contributed by atoms with van der Waals surface area (Å²) in [5.41, 5.74) is 4.03. The highest BCUT2D eigenvalue weighted by molar-refractivity contribution is 5.84. The number of non-ortho nitro benzene ring substituents is 1. The molecule has 2 rings (SSSR count). The minimum Gasteiger partial charge on any atom is -0.497 e. The van der Waals surface area contributed by atoms with Gasteiger partial charge in [-0.2, -0.15) is 5.10 Å². The Bertz CT molecular complexity index is 701. The maximum atomic E-state index is 10.7. The number of hydrogen-bond donors (Lipinski definition) is 1. The molecule has 0 aliphatic carbocycles. The SMILES string of the molecule is COc1ccc(C=NNc2cccc([N+](=O)[O-])c2)c(OC)c1. The predicted molar refractivity (Wildman–Crippen MR) is 83.9 cm³/mol. The number of nitrogens with zero attached hydrogens (tertiary/aromatic N) is 2. The summed E-state index contributed by atoms with van der Waals surface area (Å²) in [5, 5.41) is 14.8. The lowest BCUT2D eigenvalue weighted by molar-refractivity contribution is -0.384. The Morgan fingerprint density at radius 1 is 1.18 bits per heavy atom. The summed E-state index contributed by atoms with van der Waals surface area (Å²) in [4.78, 5) is 10.2. The summed E-state index contributed by atoms with van der Waals surface area (Å²) in [5.74, 6) is 1.30. The third-order valence-corrected chi connectivity index (χ3v) is 2.89. The second-order valence-electron chi connectivity index (χ2n) is 4.29. The van der Waals surface area contributed by atoms with Crippen LogP contribution < -0.4 is 14.9 Å². The average molecular weight is 301 g/mol. The van der Waals surface area contributed by atoms with Crippen LogP contribution in [0.1, 0.15) is 5.56 Å². The van der Waals surface area contributed by atoms with E-state index in [2.05, 4.69) is 10.5 Å². The number of nitro groups is 1.